The van der Waals surface area contributed by atoms with Crippen LogP contribution in [0.5, 0.6) is 5.88 Å². The first-order chi connectivity index (χ1) is 9.21. The first-order valence-electron chi connectivity index (χ1n) is 6.83. The van der Waals surface area contributed by atoms with Crippen molar-refractivity contribution >= 4 is 11.5 Å². The number of hydrogen-bond donors (Lipinski definition) is 3. The number of aromatic nitrogens is 2. The molecule has 1 heterocycles. The summed E-state index contributed by atoms with van der Waals surface area (Å²) in [6, 6.07) is 0. The first kappa shape index (κ1) is 13.9. The van der Waals surface area contributed by atoms with Crippen LogP contribution in [0.2, 0.25) is 0 Å². The highest BCUT2D eigenvalue weighted by molar-refractivity contribution is 5.67. The molecule has 0 atom stereocenters. The van der Waals surface area contributed by atoms with Crippen molar-refractivity contribution in [2.45, 2.75) is 44.6 Å². The Bertz CT molecular complexity index is 419. The van der Waals surface area contributed by atoms with Gasteiger partial charge in [-0.15, -0.1) is 0 Å². The molecule has 106 valence electrons. The van der Waals surface area contributed by atoms with Crippen LogP contribution in [0.15, 0.2) is 6.33 Å². The third-order valence-corrected chi connectivity index (χ3v) is 3.63. The van der Waals surface area contributed by atoms with E-state index < -0.39 is 0 Å². The molecule has 0 radical (unpaired) electrons. The predicted octanol–water partition coefficient (Wildman–Crippen LogP) is 1.56. The Kier molecular flexibility index (Phi) is 4.42. The molecule has 0 spiro atoms. The van der Waals surface area contributed by atoms with Gasteiger partial charge in [0.2, 0.25) is 5.88 Å². The van der Waals surface area contributed by atoms with Gasteiger partial charge in [-0.05, 0) is 19.8 Å². The molecule has 6 nitrogen and oxygen atoms in total. The summed E-state index contributed by atoms with van der Waals surface area (Å²) in [5.41, 5.74) is 6.10. The van der Waals surface area contributed by atoms with E-state index in [1.807, 2.05) is 6.92 Å². The number of nitrogens with one attached hydrogen (secondary N) is 1. The fraction of sp³-hybridized carbons (Fsp3) is 0.692. The Morgan fingerprint density at radius 3 is 2.74 bits per heavy atom. The zero-order valence-corrected chi connectivity index (χ0v) is 11.4. The van der Waals surface area contributed by atoms with Gasteiger partial charge >= 0.3 is 0 Å². The van der Waals surface area contributed by atoms with Gasteiger partial charge < -0.3 is 20.9 Å². The highest BCUT2D eigenvalue weighted by Gasteiger charge is 2.32. The standard InChI is InChI=1S/C13H22N4O2/c1-2-19-12-10(14)11(15-9-16-12)17-13(8-18)6-4-3-5-7-13/h9,18H,2-8,14H2,1H3,(H,15,16,17). The molecule has 0 aromatic carbocycles. The topological polar surface area (TPSA) is 93.3 Å². The van der Waals surface area contributed by atoms with Crippen LogP contribution in [0.3, 0.4) is 0 Å². The van der Waals surface area contributed by atoms with Crippen LogP contribution >= 0.6 is 0 Å². The summed E-state index contributed by atoms with van der Waals surface area (Å²) in [7, 11) is 0. The number of nitrogens with zero attached hydrogens (tertiary/aromatic N) is 2. The summed E-state index contributed by atoms with van der Waals surface area (Å²) in [5, 5.41) is 13.0. The van der Waals surface area contributed by atoms with Gasteiger partial charge in [0.15, 0.2) is 5.82 Å². The van der Waals surface area contributed by atoms with E-state index in [0.29, 0.717) is 24.0 Å². The minimum atomic E-state index is -0.315. The van der Waals surface area contributed by atoms with Crippen molar-refractivity contribution in [3.8, 4) is 5.88 Å². The highest BCUT2D eigenvalue weighted by atomic mass is 16.5. The summed E-state index contributed by atoms with van der Waals surface area (Å²) in [4.78, 5) is 8.18. The number of anilines is 2. The Labute approximate surface area is 113 Å². The Morgan fingerprint density at radius 2 is 2.11 bits per heavy atom. The number of hydrogen-bond acceptors (Lipinski definition) is 6. The van der Waals surface area contributed by atoms with Crippen LogP contribution in [-0.4, -0.2) is 33.8 Å². The molecule has 0 saturated heterocycles. The molecule has 0 bridgehead atoms. The Balaban J connectivity index is 2.19. The number of ether oxygens (including phenoxy) is 1. The number of nitrogen functional groups attached to an aromatic ring is 1. The highest BCUT2D eigenvalue weighted by Crippen LogP contribution is 2.34. The third kappa shape index (κ3) is 3.07. The van der Waals surface area contributed by atoms with E-state index in [1.54, 1.807) is 0 Å². The molecule has 6 heteroatoms. The SMILES string of the molecule is CCOc1ncnc(NC2(CO)CCCCC2)c1N. The van der Waals surface area contributed by atoms with Crippen LogP contribution in [-0.2, 0) is 0 Å². The van der Waals surface area contributed by atoms with Gasteiger partial charge in [0, 0.05) is 0 Å². The Hall–Kier alpha value is -1.56. The molecule has 1 aliphatic carbocycles. The summed E-state index contributed by atoms with van der Waals surface area (Å²) < 4.78 is 5.35. The molecule has 1 aliphatic rings. The van der Waals surface area contributed by atoms with Crippen molar-refractivity contribution in [1.82, 2.24) is 9.97 Å². The Morgan fingerprint density at radius 1 is 1.37 bits per heavy atom. The van der Waals surface area contributed by atoms with Gasteiger partial charge in [-0.3, -0.25) is 0 Å². The molecule has 0 amide bonds. The predicted molar refractivity (Wildman–Crippen MR) is 74.1 cm³/mol. The fourth-order valence-corrected chi connectivity index (χ4v) is 2.53. The minimum Gasteiger partial charge on any atom is -0.476 e. The van der Waals surface area contributed by atoms with Crippen molar-refractivity contribution in [2.24, 2.45) is 0 Å². The van der Waals surface area contributed by atoms with E-state index in [-0.39, 0.29) is 12.1 Å². The maximum atomic E-state index is 9.69. The van der Waals surface area contributed by atoms with Crippen molar-refractivity contribution < 1.29 is 9.84 Å². The molecule has 2 rings (SSSR count). The molecule has 19 heavy (non-hydrogen) atoms. The van der Waals surface area contributed by atoms with Gasteiger partial charge in [-0.2, -0.15) is 4.98 Å². The zero-order chi connectivity index (χ0) is 13.7. The van der Waals surface area contributed by atoms with Gasteiger partial charge in [-0.1, -0.05) is 19.3 Å². The summed E-state index contributed by atoms with van der Waals surface area (Å²) >= 11 is 0. The van der Waals surface area contributed by atoms with Gasteiger partial charge in [-0.25, -0.2) is 4.98 Å². The number of aliphatic hydroxyl groups is 1. The van der Waals surface area contributed by atoms with Crippen molar-refractivity contribution in [3.63, 3.8) is 0 Å². The smallest absolute Gasteiger partial charge is 0.242 e. The van der Waals surface area contributed by atoms with Crippen LogP contribution in [0.1, 0.15) is 39.0 Å². The number of aliphatic hydroxyl groups excluding tert-OH is 1. The van der Waals surface area contributed by atoms with Gasteiger partial charge in [0.05, 0.1) is 18.8 Å². The second-order valence-electron chi connectivity index (χ2n) is 5.00. The molecular weight excluding hydrogens is 244 g/mol. The van der Waals surface area contributed by atoms with Gasteiger partial charge in [0.25, 0.3) is 0 Å². The lowest BCUT2D eigenvalue weighted by Crippen LogP contribution is -2.44. The molecule has 1 fully saturated rings. The van der Waals surface area contributed by atoms with E-state index in [4.69, 9.17) is 10.5 Å². The van der Waals surface area contributed by atoms with E-state index in [2.05, 4.69) is 15.3 Å². The zero-order valence-electron chi connectivity index (χ0n) is 11.4. The average molecular weight is 266 g/mol. The van der Waals surface area contributed by atoms with Gasteiger partial charge in [0.1, 0.15) is 12.0 Å². The van der Waals surface area contributed by atoms with Crippen LogP contribution < -0.4 is 15.8 Å². The summed E-state index contributed by atoms with van der Waals surface area (Å²) in [6.45, 7) is 2.47. The number of rotatable bonds is 5. The van der Waals surface area contributed by atoms with Crippen molar-refractivity contribution in [3.05, 3.63) is 6.33 Å². The minimum absolute atomic E-state index is 0.0837. The van der Waals surface area contributed by atoms with Crippen molar-refractivity contribution in [1.29, 1.82) is 0 Å². The van der Waals surface area contributed by atoms with E-state index in [9.17, 15) is 5.11 Å². The van der Waals surface area contributed by atoms with E-state index in [0.717, 1.165) is 25.7 Å². The lowest BCUT2D eigenvalue weighted by molar-refractivity contribution is 0.172. The normalized spacial score (nSPS) is 18.0. The van der Waals surface area contributed by atoms with E-state index >= 15 is 0 Å². The molecule has 0 unspecified atom stereocenters. The third-order valence-electron chi connectivity index (χ3n) is 3.63. The molecular formula is C13H22N4O2. The lowest BCUT2D eigenvalue weighted by Gasteiger charge is -2.37. The number of nitrogens with two attached hydrogens (primary N) is 1. The van der Waals surface area contributed by atoms with Crippen LogP contribution in [0, 0.1) is 0 Å². The fourth-order valence-electron chi connectivity index (χ4n) is 2.53. The summed E-state index contributed by atoms with van der Waals surface area (Å²) in [5.74, 6) is 0.943. The molecule has 1 aromatic heterocycles. The quantitative estimate of drug-likeness (QED) is 0.749. The molecule has 1 saturated carbocycles. The van der Waals surface area contributed by atoms with Crippen molar-refractivity contribution in [2.75, 3.05) is 24.3 Å². The monoisotopic (exact) mass is 266 g/mol. The molecule has 0 aliphatic heterocycles. The second kappa shape index (κ2) is 6.06. The van der Waals surface area contributed by atoms with Crippen LogP contribution in [0.25, 0.3) is 0 Å². The maximum absolute atomic E-state index is 9.69. The lowest BCUT2D eigenvalue weighted by atomic mass is 9.82. The maximum Gasteiger partial charge on any atom is 0.242 e. The second-order valence-corrected chi connectivity index (χ2v) is 5.00. The molecule has 1 aromatic rings. The van der Waals surface area contributed by atoms with E-state index in [1.165, 1.54) is 12.7 Å². The van der Waals surface area contributed by atoms with Crippen LogP contribution in [0.4, 0.5) is 11.5 Å². The summed E-state index contributed by atoms with van der Waals surface area (Å²) in [6.07, 6.45) is 6.71. The largest absolute Gasteiger partial charge is 0.476 e. The first-order valence-corrected chi connectivity index (χ1v) is 6.83. The average Bonchev–Trinajstić information content (AvgIpc) is 2.45. The molecule has 4 N–H and O–H groups in total.